The van der Waals surface area contributed by atoms with Gasteiger partial charge in [0.2, 0.25) is 29.5 Å². The number of rotatable bonds is 20. The molecule has 392 valence electrons. The molecule has 0 saturated carbocycles. The van der Waals surface area contributed by atoms with Crippen LogP contribution in [0.4, 0.5) is 11.4 Å². The van der Waals surface area contributed by atoms with Gasteiger partial charge in [-0.15, -0.1) is 11.4 Å². The van der Waals surface area contributed by atoms with Gasteiger partial charge in [-0.3, -0.25) is 23.7 Å². The predicted molar refractivity (Wildman–Crippen MR) is 287 cm³/mol. The first-order valence-corrected chi connectivity index (χ1v) is 24.9. The largest absolute Gasteiger partial charge is 1.00 e. The average Bonchev–Trinajstić information content (AvgIpc) is 4.20. The number of aromatic hydroxyl groups is 3. The molecule has 4 N–H and O–H groups in total. The molecular formula is C56H60N7NaO11S. The summed E-state index contributed by atoms with van der Waals surface area (Å²) in [6.07, 6.45) is 14.3. The average molecular weight is 1060 g/mol. The minimum atomic E-state index is -0.527. The maximum Gasteiger partial charge on any atom is 1.00 e. The second kappa shape index (κ2) is 32.6. The Bertz CT molecular complexity index is 2890. The number of nitrogens with one attached hydrogen (secondary N) is 1. The third-order valence-corrected chi connectivity index (χ3v) is 11.4. The standard InChI is InChI=1S/C25H37N3O4.C11H10N2O2.C10H7NO3.C10H7NO2S.Na/c1-3-5-6-7-8-9-10-11-12-13-14-23(30)26-20-15-17-21(18-16-20)28-25(31)22(19-29)24(27-28)32-4-2;1-13-10(8-5-3-2-4-6-8)12-9(7-14)11(13)15;12-6-8-10(13)14-9(11-8)7-4-2-1-3-5-7;12-10-8(6-14)11-9(13-10)7-4-2-1-3-5-7;/h15-19,29H,3-14H2,1-2H3,(H,26,30);2-7,15H,1H3;1-6,13H;1-6,12H;/q;;;;+1/p-1/b22-19-;;;;. The molecule has 18 nitrogen and oxygen atoms in total. The molecule has 4 heterocycles. The molecular weight excluding hydrogens is 1000 g/mol. The van der Waals surface area contributed by atoms with E-state index in [1.807, 2.05) is 78.9 Å². The number of benzene rings is 4. The molecule has 1 aliphatic heterocycles. The Hall–Kier alpha value is -7.71. The van der Waals surface area contributed by atoms with Crippen LogP contribution in [0.25, 0.3) is 34.3 Å². The van der Waals surface area contributed by atoms with Crippen molar-refractivity contribution in [3.05, 3.63) is 144 Å². The third-order valence-electron chi connectivity index (χ3n) is 11.2. The number of unbranched alkanes of at least 4 members (excludes halogenated alkanes) is 9. The molecule has 0 atom stereocenters. The number of imidazole rings is 1. The van der Waals surface area contributed by atoms with Crippen LogP contribution in [0.5, 0.6) is 17.8 Å². The summed E-state index contributed by atoms with van der Waals surface area (Å²) in [5, 5.41) is 48.5. The number of thiocarbonyl (C=S) groups is 1. The van der Waals surface area contributed by atoms with Gasteiger partial charge in [0, 0.05) is 41.2 Å². The molecule has 1 aliphatic rings. The maximum atomic E-state index is 12.3. The molecule has 0 spiro atoms. The molecule has 8 rings (SSSR count). The Morgan fingerprint density at radius 3 is 1.62 bits per heavy atom. The molecule has 76 heavy (non-hydrogen) atoms. The summed E-state index contributed by atoms with van der Waals surface area (Å²) in [7, 11) is 1.66. The summed E-state index contributed by atoms with van der Waals surface area (Å²) < 4.78 is 16.7. The zero-order valence-corrected chi connectivity index (χ0v) is 45.8. The van der Waals surface area contributed by atoms with E-state index in [9.17, 15) is 34.5 Å². The number of carbonyl (C=O) groups excluding carboxylic acids is 4. The quantitative estimate of drug-likeness (QED) is 0.0142. The Morgan fingerprint density at radius 1 is 0.684 bits per heavy atom. The first kappa shape index (κ1) is 60.8. The first-order chi connectivity index (χ1) is 36.5. The molecule has 2 amide bonds. The summed E-state index contributed by atoms with van der Waals surface area (Å²) in [6.45, 7) is 4.30. The van der Waals surface area contributed by atoms with E-state index >= 15 is 0 Å². The number of oxazole rings is 2. The van der Waals surface area contributed by atoms with Crippen LogP contribution in [0.3, 0.4) is 0 Å². The van der Waals surface area contributed by atoms with Crippen LogP contribution in [0.15, 0.2) is 141 Å². The van der Waals surface area contributed by atoms with Crippen LogP contribution >= 0.6 is 12.2 Å². The molecule has 0 aliphatic carbocycles. The van der Waals surface area contributed by atoms with Crippen molar-refractivity contribution in [1.29, 1.82) is 0 Å². The van der Waals surface area contributed by atoms with Gasteiger partial charge in [0.1, 0.15) is 5.82 Å². The fourth-order valence-electron chi connectivity index (χ4n) is 7.24. The topological polar surface area (TPSA) is 259 Å². The van der Waals surface area contributed by atoms with Gasteiger partial charge in [-0.25, -0.2) is 15.0 Å². The van der Waals surface area contributed by atoms with E-state index in [4.69, 9.17) is 18.7 Å². The van der Waals surface area contributed by atoms with Gasteiger partial charge in [0.25, 0.3) is 5.91 Å². The molecule has 0 unspecified atom stereocenters. The Labute approximate surface area is 468 Å². The molecule has 0 fully saturated rings. The fraction of sp³-hybridized carbons (Fsp3) is 0.268. The fourth-order valence-corrected chi connectivity index (χ4v) is 7.40. The van der Waals surface area contributed by atoms with Crippen molar-refractivity contribution in [2.75, 3.05) is 16.9 Å². The van der Waals surface area contributed by atoms with E-state index < -0.39 is 11.9 Å². The summed E-state index contributed by atoms with van der Waals surface area (Å²) in [5.41, 5.74) is 3.73. The second-order valence-electron chi connectivity index (χ2n) is 16.6. The van der Waals surface area contributed by atoms with Crippen molar-refractivity contribution >= 4 is 59.2 Å². The van der Waals surface area contributed by atoms with Crippen LogP contribution in [-0.2, 0) is 21.4 Å². The summed E-state index contributed by atoms with van der Waals surface area (Å²) in [5.74, 6) is -0.105. The van der Waals surface area contributed by atoms with Gasteiger partial charge in [0.15, 0.2) is 29.7 Å². The smallest absolute Gasteiger partial charge is 0.877 e. The number of carbonyl (C=O) groups is 4. The van der Waals surface area contributed by atoms with Crippen LogP contribution in [-0.4, -0.2) is 77.1 Å². The number of ether oxygens (including phenoxy) is 1. The van der Waals surface area contributed by atoms with Crippen molar-refractivity contribution in [1.82, 2.24) is 19.5 Å². The van der Waals surface area contributed by atoms with E-state index in [-0.39, 0.29) is 76.0 Å². The number of aldehydes is 2. The van der Waals surface area contributed by atoms with Gasteiger partial charge in [-0.1, -0.05) is 144 Å². The van der Waals surface area contributed by atoms with Crippen LogP contribution < -0.4 is 45.0 Å². The molecule has 3 aromatic heterocycles. The monoisotopic (exact) mass is 1060 g/mol. The van der Waals surface area contributed by atoms with E-state index in [0.717, 1.165) is 34.5 Å². The minimum Gasteiger partial charge on any atom is -0.877 e. The summed E-state index contributed by atoms with van der Waals surface area (Å²) in [6, 6.07) is 34.5. The number of hydrazone groups is 1. The molecule has 4 aromatic carbocycles. The number of nitrogens with zero attached hydrogens (tertiary/aromatic N) is 6. The number of hydrogen-bond acceptors (Lipinski definition) is 16. The van der Waals surface area contributed by atoms with Crippen LogP contribution in [0.2, 0.25) is 0 Å². The number of hydrogen-bond donors (Lipinski definition) is 4. The predicted octanol–water partition coefficient (Wildman–Crippen LogP) is 7.74. The Kier molecular flexibility index (Phi) is 26.1. The third kappa shape index (κ3) is 18.0. The summed E-state index contributed by atoms with van der Waals surface area (Å²) in [4.78, 5) is 57.4. The molecule has 0 radical (unpaired) electrons. The second-order valence-corrected chi connectivity index (χ2v) is 16.8. The van der Waals surface area contributed by atoms with Crippen molar-refractivity contribution in [2.24, 2.45) is 12.1 Å². The van der Waals surface area contributed by atoms with Crippen LogP contribution in [0.1, 0.15) is 111 Å². The normalized spacial score (nSPS) is 11.9. The van der Waals surface area contributed by atoms with E-state index in [2.05, 4.69) is 44.5 Å². The Morgan fingerprint density at radius 2 is 1.17 bits per heavy atom. The molecule has 0 saturated heterocycles. The zero-order chi connectivity index (χ0) is 54.0. The SMILES string of the molecule is CCCCCCCCCCCCC(=O)Nc1ccc(N2N=C(OCC)/C(=C/[O-])C2=O)cc1.Cn1c(-c2ccccc2)nc(C=O)c1O.O=Cc1nc(-c2ccccc2)oc1O.Oc1oc(-c2ccccc2)nc1C=S.[Na+]. The van der Waals surface area contributed by atoms with Gasteiger partial charge < -0.3 is 39.3 Å². The molecule has 7 aromatic rings. The van der Waals surface area contributed by atoms with E-state index in [1.165, 1.54) is 61.3 Å². The van der Waals surface area contributed by atoms with Crippen molar-refractivity contribution in [3.8, 4) is 52.1 Å². The van der Waals surface area contributed by atoms with Crippen molar-refractivity contribution in [2.45, 2.75) is 84.5 Å². The van der Waals surface area contributed by atoms with Gasteiger partial charge in [-0.05, 0) is 61.9 Å². The van der Waals surface area contributed by atoms with Gasteiger partial charge in [-0.2, -0.15) is 5.01 Å². The van der Waals surface area contributed by atoms with Crippen molar-refractivity contribution in [3.63, 3.8) is 0 Å². The number of aromatic nitrogens is 4. The van der Waals surface area contributed by atoms with E-state index in [1.54, 1.807) is 50.4 Å². The van der Waals surface area contributed by atoms with Gasteiger partial charge >= 0.3 is 41.4 Å². The molecule has 0 bridgehead atoms. The van der Waals surface area contributed by atoms with Crippen LogP contribution in [0, 0.1) is 0 Å². The number of amides is 2. The minimum absolute atomic E-state index is 0. The van der Waals surface area contributed by atoms with Gasteiger partial charge in [0.05, 0.1) is 17.9 Å². The summed E-state index contributed by atoms with van der Waals surface area (Å²) >= 11 is 4.66. The first-order valence-electron chi connectivity index (χ1n) is 24.4. The molecule has 20 heteroatoms. The Balaban J connectivity index is 0.000000236. The van der Waals surface area contributed by atoms with E-state index in [0.29, 0.717) is 60.6 Å². The van der Waals surface area contributed by atoms with Crippen molar-refractivity contribution < 1.29 is 82.7 Å². The zero-order valence-electron chi connectivity index (χ0n) is 43.0. The number of anilines is 2. The maximum absolute atomic E-state index is 12.3.